The van der Waals surface area contributed by atoms with E-state index >= 15 is 0 Å². The Hall–Kier alpha value is -0.810. The molecule has 0 saturated carbocycles. The predicted molar refractivity (Wildman–Crippen MR) is 82.8 cm³/mol. The van der Waals surface area contributed by atoms with Crippen LogP contribution in [0.4, 0.5) is 0 Å². The molecule has 2 rings (SSSR count). The fourth-order valence-corrected chi connectivity index (χ4v) is 3.19. The molecule has 1 aliphatic rings. The number of rotatable bonds is 5. The van der Waals surface area contributed by atoms with E-state index in [0.29, 0.717) is 16.2 Å². The molecule has 0 bridgehead atoms. The Balaban J connectivity index is 1.85. The average Bonchev–Trinajstić information content (AvgIpc) is 2.91. The van der Waals surface area contributed by atoms with Crippen LogP contribution >= 0.6 is 15.9 Å². The van der Waals surface area contributed by atoms with Gasteiger partial charge in [-0.2, -0.15) is 0 Å². The largest absolute Gasteiger partial charge is 0.457 e. The summed E-state index contributed by atoms with van der Waals surface area (Å²) in [5.41, 5.74) is 0.632. The van der Waals surface area contributed by atoms with E-state index in [1.807, 2.05) is 4.90 Å². The zero-order valence-corrected chi connectivity index (χ0v) is 13.9. The third kappa shape index (κ3) is 3.64. The van der Waals surface area contributed by atoms with Crippen LogP contribution in [0, 0.1) is 5.92 Å². The molecule has 0 spiro atoms. The molecular formula is C15H23BrN2O2. The van der Waals surface area contributed by atoms with E-state index in [1.165, 1.54) is 0 Å². The molecule has 1 saturated heterocycles. The van der Waals surface area contributed by atoms with Crippen LogP contribution in [0.2, 0.25) is 0 Å². The summed E-state index contributed by atoms with van der Waals surface area (Å²) in [7, 11) is 0. The maximum atomic E-state index is 12.3. The first-order chi connectivity index (χ1) is 9.65. The van der Waals surface area contributed by atoms with Gasteiger partial charge in [0.2, 0.25) is 0 Å². The zero-order valence-electron chi connectivity index (χ0n) is 12.3. The van der Waals surface area contributed by atoms with Crippen molar-refractivity contribution in [3.63, 3.8) is 0 Å². The number of nitrogens with zero attached hydrogens (tertiary/aromatic N) is 2. The molecule has 1 aromatic rings. The minimum atomic E-state index is 0.0758. The topological polar surface area (TPSA) is 36.7 Å². The van der Waals surface area contributed by atoms with Crippen LogP contribution in [0.5, 0.6) is 0 Å². The van der Waals surface area contributed by atoms with Crippen LogP contribution in [0.15, 0.2) is 21.4 Å². The molecule has 0 atom stereocenters. The van der Waals surface area contributed by atoms with Crippen molar-refractivity contribution in [1.29, 1.82) is 0 Å². The van der Waals surface area contributed by atoms with Crippen molar-refractivity contribution in [3.8, 4) is 0 Å². The smallest absolute Gasteiger partial charge is 0.258 e. The standard InChI is InChI=1S/C15H23BrN2O2/c1-3-17(4-2)11-12-5-8-18(9-6-12)15(19)13-7-10-20-14(13)16/h7,10,12H,3-6,8-9,11H2,1-2H3. The van der Waals surface area contributed by atoms with Crippen molar-refractivity contribution >= 4 is 21.8 Å². The third-order valence-corrected chi connectivity index (χ3v) is 4.78. The molecule has 0 unspecified atom stereocenters. The van der Waals surface area contributed by atoms with Gasteiger partial charge in [0.05, 0.1) is 11.8 Å². The molecule has 1 amide bonds. The molecule has 1 aliphatic heterocycles. The first-order valence-electron chi connectivity index (χ1n) is 7.40. The number of piperidine rings is 1. The molecule has 1 aromatic heterocycles. The van der Waals surface area contributed by atoms with Crippen LogP contribution < -0.4 is 0 Å². The summed E-state index contributed by atoms with van der Waals surface area (Å²) in [5.74, 6) is 0.790. The molecule has 1 fully saturated rings. The van der Waals surface area contributed by atoms with E-state index in [-0.39, 0.29) is 5.91 Å². The lowest BCUT2D eigenvalue weighted by Gasteiger charge is -2.34. The van der Waals surface area contributed by atoms with Gasteiger partial charge >= 0.3 is 0 Å². The Kier molecular flexibility index (Phi) is 5.66. The van der Waals surface area contributed by atoms with E-state index < -0.39 is 0 Å². The molecule has 0 aliphatic carbocycles. The van der Waals surface area contributed by atoms with E-state index in [0.717, 1.165) is 45.6 Å². The lowest BCUT2D eigenvalue weighted by atomic mass is 9.96. The molecule has 5 heteroatoms. The Morgan fingerprint density at radius 3 is 2.55 bits per heavy atom. The highest BCUT2D eigenvalue weighted by atomic mass is 79.9. The van der Waals surface area contributed by atoms with Gasteiger partial charge in [0, 0.05) is 19.6 Å². The molecule has 4 nitrogen and oxygen atoms in total. The van der Waals surface area contributed by atoms with Crippen LogP contribution in [-0.4, -0.2) is 48.4 Å². The average molecular weight is 343 g/mol. The van der Waals surface area contributed by atoms with Gasteiger partial charge in [0.25, 0.3) is 5.91 Å². The monoisotopic (exact) mass is 342 g/mol. The Bertz CT molecular complexity index is 435. The normalized spacial score (nSPS) is 16.9. The van der Waals surface area contributed by atoms with Crippen molar-refractivity contribution in [3.05, 3.63) is 22.6 Å². The summed E-state index contributed by atoms with van der Waals surface area (Å²) in [4.78, 5) is 16.8. The Morgan fingerprint density at radius 1 is 1.40 bits per heavy atom. The first kappa shape index (κ1) is 15.6. The SMILES string of the molecule is CCN(CC)CC1CCN(C(=O)c2ccoc2Br)CC1. The van der Waals surface area contributed by atoms with Gasteiger partial charge in [0.1, 0.15) is 0 Å². The van der Waals surface area contributed by atoms with Gasteiger partial charge in [-0.3, -0.25) is 4.79 Å². The van der Waals surface area contributed by atoms with Gasteiger partial charge < -0.3 is 14.2 Å². The summed E-state index contributed by atoms with van der Waals surface area (Å²) in [6.07, 6.45) is 3.74. The van der Waals surface area contributed by atoms with E-state index in [9.17, 15) is 4.79 Å². The highest BCUT2D eigenvalue weighted by Crippen LogP contribution is 2.23. The molecule has 0 radical (unpaired) electrons. The van der Waals surface area contributed by atoms with Gasteiger partial charge in [-0.05, 0) is 53.8 Å². The molecule has 20 heavy (non-hydrogen) atoms. The van der Waals surface area contributed by atoms with E-state index in [4.69, 9.17) is 4.42 Å². The molecule has 0 N–H and O–H groups in total. The summed E-state index contributed by atoms with van der Waals surface area (Å²) in [6, 6.07) is 1.73. The maximum absolute atomic E-state index is 12.3. The zero-order chi connectivity index (χ0) is 14.5. The Labute approximate surface area is 129 Å². The second kappa shape index (κ2) is 7.27. The summed E-state index contributed by atoms with van der Waals surface area (Å²) >= 11 is 3.28. The van der Waals surface area contributed by atoms with E-state index in [2.05, 4.69) is 34.7 Å². The molecule has 0 aromatic carbocycles. The minimum Gasteiger partial charge on any atom is -0.457 e. The Morgan fingerprint density at radius 2 is 2.05 bits per heavy atom. The van der Waals surface area contributed by atoms with Crippen LogP contribution in [0.3, 0.4) is 0 Å². The number of carbonyl (C=O) groups excluding carboxylic acids is 1. The van der Waals surface area contributed by atoms with Crippen LogP contribution in [-0.2, 0) is 0 Å². The van der Waals surface area contributed by atoms with E-state index in [1.54, 1.807) is 12.3 Å². The lowest BCUT2D eigenvalue weighted by Crippen LogP contribution is -2.41. The van der Waals surface area contributed by atoms with Crippen molar-refractivity contribution < 1.29 is 9.21 Å². The minimum absolute atomic E-state index is 0.0758. The number of halogens is 1. The quantitative estimate of drug-likeness (QED) is 0.824. The van der Waals surface area contributed by atoms with Crippen molar-refractivity contribution in [2.75, 3.05) is 32.7 Å². The summed E-state index contributed by atoms with van der Waals surface area (Å²) in [6.45, 7) is 9.49. The fourth-order valence-electron chi connectivity index (χ4n) is 2.78. The fraction of sp³-hybridized carbons (Fsp3) is 0.667. The number of amides is 1. The van der Waals surface area contributed by atoms with Crippen molar-refractivity contribution in [2.45, 2.75) is 26.7 Å². The predicted octanol–water partition coefficient (Wildman–Crippen LogP) is 3.24. The van der Waals surface area contributed by atoms with Gasteiger partial charge in [-0.25, -0.2) is 0 Å². The molecule has 2 heterocycles. The summed E-state index contributed by atoms with van der Waals surface area (Å²) in [5, 5.41) is 0. The van der Waals surface area contributed by atoms with Crippen LogP contribution in [0.25, 0.3) is 0 Å². The number of likely N-dealkylation sites (tertiary alicyclic amines) is 1. The second-order valence-corrected chi connectivity index (χ2v) is 6.05. The summed E-state index contributed by atoms with van der Waals surface area (Å²) < 4.78 is 5.68. The number of hydrogen-bond acceptors (Lipinski definition) is 3. The number of carbonyl (C=O) groups is 1. The first-order valence-corrected chi connectivity index (χ1v) is 8.19. The van der Waals surface area contributed by atoms with Crippen molar-refractivity contribution in [2.24, 2.45) is 5.92 Å². The second-order valence-electron chi connectivity index (χ2n) is 5.33. The maximum Gasteiger partial charge on any atom is 0.258 e. The molecular weight excluding hydrogens is 320 g/mol. The van der Waals surface area contributed by atoms with Crippen LogP contribution in [0.1, 0.15) is 37.0 Å². The molecule has 112 valence electrons. The lowest BCUT2D eigenvalue weighted by molar-refractivity contribution is 0.0667. The van der Waals surface area contributed by atoms with Gasteiger partial charge in [-0.1, -0.05) is 13.8 Å². The number of hydrogen-bond donors (Lipinski definition) is 0. The third-order valence-electron chi connectivity index (χ3n) is 4.16. The highest BCUT2D eigenvalue weighted by molar-refractivity contribution is 9.10. The highest BCUT2D eigenvalue weighted by Gasteiger charge is 2.26. The van der Waals surface area contributed by atoms with Crippen molar-refractivity contribution in [1.82, 2.24) is 9.80 Å². The van der Waals surface area contributed by atoms with Gasteiger partial charge in [-0.15, -0.1) is 0 Å². The van der Waals surface area contributed by atoms with Gasteiger partial charge in [0.15, 0.2) is 4.67 Å². The number of furan rings is 1.